The molecule has 0 aliphatic rings. The molecule has 0 saturated carbocycles. The molecule has 22 heavy (non-hydrogen) atoms. The van der Waals surface area contributed by atoms with Crippen molar-refractivity contribution in [2.45, 2.75) is 31.7 Å². The van der Waals surface area contributed by atoms with E-state index in [9.17, 15) is 8.42 Å². The van der Waals surface area contributed by atoms with Crippen LogP contribution in [-0.4, -0.2) is 8.42 Å². The Morgan fingerprint density at radius 1 is 1.18 bits per heavy atom. The Morgan fingerprint density at radius 3 is 2.55 bits per heavy atom. The summed E-state index contributed by atoms with van der Waals surface area (Å²) in [4.78, 5) is 0.316. The zero-order valence-corrected chi connectivity index (χ0v) is 15.5. The molecular formula is C16H17BrClNO2S. The molecule has 6 heteroatoms. The van der Waals surface area contributed by atoms with Crippen molar-refractivity contribution in [3.63, 3.8) is 0 Å². The molecule has 2 rings (SSSR count). The minimum atomic E-state index is -3.55. The van der Waals surface area contributed by atoms with Gasteiger partial charge in [-0.15, -0.1) is 0 Å². The van der Waals surface area contributed by atoms with Crippen molar-refractivity contribution >= 4 is 37.6 Å². The largest absolute Gasteiger partial charge is 0.241 e. The second-order valence-electron chi connectivity index (χ2n) is 5.01. The molecule has 2 aromatic rings. The summed E-state index contributed by atoms with van der Waals surface area (Å²) in [5.41, 5.74) is 2.58. The number of aryl methyl sites for hydroxylation is 2. The zero-order valence-electron chi connectivity index (χ0n) is 12.4. The standard InChI is InChI=1S/C16H17BrClNO2S/c1-3-13-9-14(17)6-7-16(13)22(20,21)19-10-12-5-4-11(2)15(18)8-12/h4-9,19H,3,10H2,1-2H3. The Hall–Kier alpha value is -0.880. The van der Waals surface area contributed by atoms with E-state index in [1.165, 1.54) is 0 Å². The van der Waals surface area contributed by atoms with E-state index in [2.05, 4.69) is 20.7 Å². The molecule has 0 heterocycles. The Bertz CT molecular complexity index is 791. The van der Waals surface area contributed by atoms with Gasteiger partial charge in [0.25, 0.3) is 0 Å². The maximum absolute atomic E-state index is 12.5. The van der Waals surface area contributed by atoms with Crippen molar-refractivity contribution in [3.05, 3.63) is 62.6 Å². The van der Waals surface area contributed by atoms with E-state index in [-0.39, 0.29) is 6.54 Å². The van der Waals surface area contributed by atoms with E-state index in [1.807, 2.05) is 32.0 Å². The minimum absolute atomic E-state index is 0.210. The van der Waals surface area contributed by atoms with Crippen LogP contribution in [0.1, 0.15) is 23.6 Å². The van der Waals surface area contributed by atoms with Crippen LogP contribution in [0.3, 0.4) is 0 Å². The Kier molecular flexibility index (Phi) is 5.66. The molecule has 3 nitrogen and oxygen atoms in total. The molecule has 1 N–H and O–H groups in total. The quantitative estimate of drug-likeness (QED) is 0.803. The van der Waals surface area contributed by atoms with Crippen molar-refractivity contribution in [2.75, 3.05) is 0 Å². The van der Waals surface area contributed by atoms with Gasteiger partial charge in [-0.25, -0.2) is 13.1 Å². The summed E-state index contributed by atoms with van der Waals surface area (Å²) in [5, 5.41) is 0.634. The number of sulfonamides is 1. The van der Waals surface area contributed by atoms with Gasteiger partial charge in [0.2, 0.25) is 10.0 Å². The minimum Gasteiger partial charge on any atom is -0.207 e. The number of hydrogen-bond donors (Lipinski definition) is 1. The number of hydrogen-bond acceptors (Lipinski definition) is 2. The molecule has 0 aromatic heterocycles. The molecule has 2 aromatic carbocycles. The molecular weight excluding hydrogens is 386 g/mol. The summed E-state index contributed by atoms with van der Waals surface area (Å²) in [5.74, 6) is 0. The normalized spacial score (nSPS) is 11.6. The van der Waals surface area contributed by atoms with Gasteiger partial charge >= 0.3 is 0 Å². The number of nitrogens with one attached hydrogen (secondary N) is 1. The van der Waals surface area contributed by atoms with E-state index in [1.54, 1.807) is 18.2 Å². The molecule has 0 saturated heterocycles. The summed E-state index contributed by atoms with van der Waals surface area (Å²) < 4.78 is 28.5. The van der Waals surface area contributed by atoms with Gasteiger partial charge in [-0.3, -0.25) is 0 Å². The highest BCUT2D eigenvalue weighted by Crippen LogP contribution is 2.22. The summed E-state index contributed by atoms with van der Waals surface area (Å²) in [6.45, 7) is 4.05. The lowest BCUT2D eigenvalue weighted by atomic mass is 10.1. The van der Waals surface area contributed by atoms with Crippen LogP contribution in [0.4, 0.5) is 0 Å². The van der Waals surface area contributed by atoms with Gasteiger partial charge < -0.3 is 0 Å². The van der Waals surface area contributed by atoms with Crippen LogP contribution in [0.15, 0.2) is 45.8 Å². The first-order chi connectivity index (χ1) is 10.3. The van der Waals surface area contributed by atoms with Gasteiger partial charge in [0.05, 0.1) is 4.90 Å². The molecule has 0 amide bonds. The third-order valence-corrected chi connectivity index (χ3v) is 5.80. The van der Waals surface area contributed by atoms with Gasteiger partial charge in [0.15, 0.2) is 0 Å². The monoisotopic (exact) mass is 401 g/mol. The Balaban J connectivity index is 2.22. The second-order valence-corrected chi connectivity index (χ2v) is 8.07. The third-order valence-electron chi connectivity index (χ3n) is 3.40. The van der Waals surface area contributed by atoms with Crippen molar-refractivity contribution in [1.29, 1.82) is 0 Å². The highest BCUT2D eigenvalue weighted by molar-refractivity contribution is 9.10. The molecule has 0 aliphatic carbocycles. The second kappa shape index (κ2) is 7.13. The van der Waals surface area contributed by atoms with E-state index >= 15 is 0 Å². The molecule has 0 radical (unpaired) electrons. The first-order valence-corrected chi connectivity index (χ1v) is 9.52. The summed E-state index contributed by atoms with van der Waals surface area (Å²) in [7, 11) is -3.55. The first-order valence-electron chi connectivity index (χ1n) is 6.86. The third kappa shape index (κ3) is 4.10. The van der Waals surface area contributed by atoms with Crippen LogP contribution in [0, 0.1) is 6.92 Å². The predicted molar refractivity (Wildman–Crippen MR) is 93.7 cm³/mol. The fourth-order valence-electron chi connectivity index (χ4n) is 2.09. The highest BCUT2D eigenvalue weighted by atomic mass is 79.9. The van der Waals surface area contributed by atoms with Crippen LogP contribution in [0.5, 0.6) is 0 Å². The maximum atomic E-state index is 12.5. The van der Waals surface area contributed by atoms with Crippen LogP contribution < -0.4 is 4.72 Å². The fraction of sp³-hybridized carbons (Fsp3) is 0.250. The molecule has 118 valence electrons. The predicted octanol–water partition coefficient (Wildman–Crippen LogP) is 4.45. The molecule has 0 atom stereocenters. The number of halogens is 2. The number of benzene rings is 2. The van der Waals surface area contributed by atoms with Crippen molar-refractivity contribution in [3.8, 4) is 0 Å². The van der Waals surface area contributed by atoms with Crippen LogP contribution in [-0.2, 0) is 23.0 Å². The summed E-state index contributed by atoms with van der Waals surface area (Å²) >= 11 is 9.43. The van der Waals surface area contributed by atoms with Crippen molar-refractivity contribution < 1.29 is 8.42 Å². The van der Waals surface area contributed by atoms with E-state index in [4.69, 9.17) is 11.6 Å². The SMILES string of the molecule is CCc1cc(Br)ccc1S(=O)(=O)NCc1ccc(C)c(Cl)c1. The van der Waals surface area contributed by atoms with Crippen LogP contribution >= 0.6 is 27.5 Å². The van der Waals surface area contributed by atoms with E-state index < -0.39 is 10.0 Å². The van der Waals surface area contributed by atoms with Gasteiger partial charge in [0.1, 0.15) is 0 Å². The van der Waals surface area contributed by atoms with Crippen LogP contribution in [0.25, 0.3) is 0 Å². The highest BCUT2D eigenvalue weighted by Gasteiger charge is 2.17. The Labute approximate surface area is 144 Å². The smallest absolute Gasteiger partial charge is 0.207 e. The van der Waals surface area contributed by atoms with Gasteiger partial charge in [-0.05, 0) is 54.3 Å². The van der Waals surface area contributed by atoms with E-state index in [0.29, 0.717) is 16.3 Å². The lowest BCUT2D eigenvalue weighted by Gasteiger charge is -2.11. The Morgan fingerprint density at radius 2 is 1.91 bits per heavy atom. The molecule has 0 fully saturated rings. The fourth-order valence-corrected chi connectivity index (χ4v) is 4.01. The van der Waals surface area contributed by atoms with Crippen molar-refractivity contribution in [1.82, 2.24) is 4.72 Å². The zero-order chi connectivity index (χ0) is 16.3. The summed E-state index contributed by atoms with van der Waals surface area (Å²) in [6, 6.07) is 10.7. The lowest BCUT2D eigenvalue weighted by Crippen LogP contribution is -2.24. The van der Waals surface area contributed by atoms with Gasteiger partial charge in [-0.1, -0.05) is 46.6 Å². The van der Waals surface area contributed by atoms with Gasteiger partial charge in [0, 0.05) is 16.0 Å². The summed E-state index contributed by atoms with van der Waals surface area (Å²) in [6.07, 6.45) is 0.645. The maximum Gasteiger partial charge on any atom is 0.241 e. The van der Waals surface area contributed by atoms with E-state index in [0.717, 1.165) is 21.2 Å². The molecule has 0 bridgehead atoms. The van der Waals surface area contributed by atoms with Crippen molar-refractivity contribution in [2.24, 2.45) is 0 Å². The lowest BCUT2D eigenvalue weighted by molar-refractivity contribution is 0.580. The average Bonchev–Trinajstić information content (AvgIpc) is 2.48. The molecule has 0 spiro atoms. The first kappa shape index (κ1) is 17.5. The molecule has 0 unspecified atom stereocenters. The number of rotatable bonds is 5. The van der Waals surface area contributed by atoms with Gasteiger partial charge in [-0.2, -0.15) is 0 Å². The molecule has 0 aliphatic heterocycles. The van der Waals surface area contributed by atoms with Crippen LogP contribution in [0.2, 0.25) is 5.02 Å². The topological polar surface area (TPSA) is 46.2 Å². The average molecular weight is 403 g/mol.